The zero-order valence-electron chi connectivity index (χ0n) is 16.1. The van der Waals surface area contributed by atoms with Crippen molar-refractivity contribution in [1.29, 1.82) is 0 Å². The predicted molar refractivity (Wildman–Crippen MR) is 104 cm³/mol. The number of likely N-dealkylation sites (tertiary alicyclic amines) is 1. The van der Waals surface area contributed by atoms with Gasteiger partial charge < -0.3 is 20.4 Å². The van der Waals surface area contributed by atoms with E-state index in [1.807, 2.05) is 12.1 Å². The van der Waals surface area contributed by atoms with E-state index in [1.54, 1.807) is 6.26 Å². The number of hydrogen-bond acceptors (Lipinski definition) is 4. The maximum Gasteiger partial charge on any atom is 0.216 e. The molecule has 146 valence electrons. The van der Waals surface area contributed by atoms with Gasteiger partial charge in [-0.3, -0.25) is 14.7 Å². The molecule has 1 aliphatic rings. The highest BCUT2D eigenvalue weighted by Gasteiger charge is 2.22. The van der Waals surface area contributed by atoms with Crippen LogP contribution in [-0.2, 0) is 11.2 Å². The van der Waals surface area contributed by atoms with Gasteiger partial charge in [-0.1, -0.05) is 6.92 Å². The molecule has 0 spiro atoms. The molecule has 1 unspecified atom stereocenters. The molecule has 2 heterocycles. The molecule has 0 aromatic carbocycles. The molecule has 7 nitrogen and oxygen atoms in total. The minimum absolute atomic E-state index is 0.0105. The van der Waals surface area contributed by atoms with Gasteiger partial charge in [0.05, 0.1) is 12.8 Å². The number of furan rings is 1. The molecule has 0 saturated carbocycles. The average Bonchev–Trinajstić information content (AvgIpc) is 3.29. The highest BCUT2D eigenvalue weighted by molar-refractivity contribution is 5.79. The van der Waals surface area contributed by atoms with E-state index in [2.05, 4.69) is 27.8 Å². The van der Waals surface area contributed by atoms with Gasteiger partial charge in [0.25, 0.3) is 0 Å². The van der Waals surface area contributed by atoms with Gasteiger partial charge in [-0.25, -0.2) is 0 Å². The first-order chi connectivity index (χ1) is 12.7. The van der Waals surface area contributed by atoms with Crippen molar-refractivity contribution >= 4 is 11.9 Å². The zero-order chi connectivity index (χ0) is 18.6. The molecule has 2 rings (SSSR count). The second kappa shape index (κ2) is 11.6. The molecule has 1 atom stereocenters. The summed E-state index contributed by atoms with van der Waals surface area (Å²) in [5, 5.41) is 9.57. The molecule has 26 heavy (non-hydrogen) atoms. The van der Waals surface area contributed by atoms with Crippen LogP contribution in [0.4, 0.5) is 0 Å². The molecule has 0 radical (unpaired) electrons. The summed E-state index contributed by atoms with van der Waals surface area (Å²) in [6, 6.07) is 4.43. The van der Waals surface area contributed by atoms with E-state index < -0.39 is 0 Å². The molecule has 1 amide bonds. The van der Waals surface area contributed by atoms with E-state index in [4.69, 9.17) is 9.41 Å². The molecule has 1 aromatic rings. The van der Waals surface area contributed by atoms with Crippen LogP contribution in [0.2, 0.25) is 0 Å². The first-order valence-corrected chi connectivity index (χ1v) is 9.72. The largest absolute Gasteiger partial charge is 0.469 e. The predicted octanol–water partition coefficient (Wildman–Crippen LogP) is 1.37. The van der Waals surface area contributed by atoms with Crippen molar-refractivity contribution in [2.45, 2.75) is 45.6 Å². The van der Waals surface area contributed by atoms with E-state index in [0.717, 1.165) is 50.7 Å². The van der Waals surface area contributed by atoms with Crippen LogP contribution in [0.5, 0.6) is 0 Å². The number of likely N-dealkylation sites (N-methyl/N-ethyl adjacent to an activating group) is 1. The van der Waals surface area contributed by atoms with Crippen molar-refractivity contribution in [2.24, 2.45) is 4.99 Å². The summed E-state index contributed by atoms with van der Waals surface area (Å²) in [5.41, 5.74) is 0. The quantitative estimate of drug-likeness (QED) is 0.332. The van der Waals surface area contributed by atoms with Gasteiger partial charge in [0.2, 0.25) is 5.91 Å². The Hall–Kier alpha value is -2.02. The third-order valence-corrected chi connectivity index (χ3v) is 4.63. The maximum atomic E-state index is 10.9. The Kier molecular flexibility index (Phi) is 9.03. The molecule has 1 aliphatic heterocycles. The molecule has 0 aliphatic carbocycles. The summed E-state index contributed by atoms with van der Waals surface area (Å²) in [7, 11) is 0. The summed E-state index contributed by atoms with van der Waals surface area (Å²) in [4.78, 5) is 18.2. The van der Waals surface area contributed by atoms with Crippen LogP contribution < -0.4 is 16.0 Å². The van der Waals surface area contributed by atoms with Crippen molar-refractivity contribution in [3.8, 4) is 0 Å². The van der Waals surface area contributed by atoms with Gasteiger partial charge in [-0.2, -0.15) is 0 Å². The number of guanidine groups is 1. The number of amides is 1. The molecule has 3 N–H and O–H groups in total. The van der Waals surface area contributed by atoms with Gasteiger partial charge in [0.1, 0.15) is 5.76 Å². The number of rotatable bonds is 10. The highest BCUT2D eigenvalue weighted by Crippen LogP contribution is 2.16. The normalized spacial score (nSPS) is 18.1. The third-order valence-electron chi connectivity index (χ3n) is 4.63. The first-order valence-electron chi connectivity index (χ1n) is 9.72. The Balaban J connectivity index is 1.78. The zero-order valence-corrected chi connectivity index (χ0v) is 16.1. The smallest absolute Gasteiger partial charge is 0.216 e. The lowest BCUT2D eigenvalue weighted by Crippen LogP contribution is -2.41. The van der Waals surface area contributed by atoms with Gasteiger partial charge in [-0.05, 0) is 44.5 Å². The molecule has 1 aromatic heterocycles. The standard InChI is InChI=1S/C19H33N5O2/c1-3-24-13-4-7-17(24)15-23-19(21-11-6-10-20-16(2)25)22-12-9-18-8-5-14-26-18/h5,8,14,17H,3-4,6-7,9-13,15H2,1-2H3,(H,20,25)(H2,21,22,23). The summed E-state index contributed by atoms with van der Waals surface area (Å²) >= 11 is 0. The summed E-state index contributed by atoms with van der Waals surface area (Å²) < 4.78 is 5.37. The van der Waals surface area contributed by atoms with E-state index >= 15 is 0 Å². The van der Waals surface area contributed by atoms with E-state index in [9.17, 15) is 4.79 Å². The first kappa shape index (κ1) is 20.3. The Bertz CT molecular complexity index is 544. The van der Waals surface area contributed by atoms with Gasteiger partial charge in [0, 0.05) is 39.0 Å². The van der Waals surface area contributed by atoms with Crippen LogP contribution in [0.25, 0.3) is 0 Å². The number of carbonyl (C=O) groups excluding carboxylic acids is 1. The molecule has 7 heteroatoms. The fraction of sp³-hybridized carbons (Fsp3) is 0.684. The van der Waals surface area contributed by atoms with Crippen LogP contribution in [0.15, 0.2) is 27.8 Å². The second-order valence-corrected chi connectivity index (χ2v) is 6.63. The summed E-state index contributed by atoms with van der Waals surface area (Å²) in [6.45, 7) is 9.06. The van der Waals surface area contributed by atoms with Crippen molar-refractivity contribution in [1.82, 2.24) is 20.9 Å². The van der Waals surface area contributed by atoms with Crippen LogP contribution >= 0.6 is 0 Å². The molecule has 0 bridgehead atoms. The topological polar surface area (TPSA) is 81.9 Å². The number of aliphatic imine (C=N–C) groups is 1. The second-order valence-electron chi connectivity index (χ2n) is 6.63. The molecule has 1 saturated heterocycles. The van der Waals surface area contributed by atoms with Crippen LogP contribution in [0, 0.1) is 0 Å². The minimum atomic E-state index is 0.0105. The van der Waals surface area contributed by atoms with E-state index in [-0.39, 0.29) is 5.91 Å². The van der Waals surface area contributed by atoms with Crippen LogP contribution in [-0.4, -0.2) is 62.1 Å². The fourth-order valence-electron chi connectivity index (χ4n) is 3.21. The number of nitrogens with one attached hydrogen (secondary N) is 3. The van der Waals surface area contributed by atoms with Crippen molar-refractivity contribution in [3.63, 3.8) is 0 Å². The monoisotopic (exact) mass is 363 g/mol. The van der Waals surface area contributed by atoms with Crippen molar-refractivity contribution in [2.75, 3.05) is 39.3 Å². The number of hydrogen-bond donors (Lipinski definition) is 3. The average molecular weight is 364 g/mol. The number of nitrogens with zero attached hydrogens (tertiary/aromatic N) is 2. The Morgan fingerprint density at radius 3 is 2.85 bits per heavy atom. The van der Waals surface area contributed by atoms with E-state index in [0.29, 0.717) is 12.6 Å². The van der Waals surface area contributed by atoms with Crippen molar-refractivity contribution in [3.05, 3.63) is 24.2 Å². The molecular weight excluding hydrogens is 330 g/mol. The molecule has 1 fully saturated rings. The minimum Gasteiger partial charge on any atom is -0.469 e. The van der Waals surface area contributed by atoms with Gasteiger partial charge in [0.15, 0.2) is 5.96 Å². The fourth-order valence-corrected chi connectivity index (χ4v) is 3.21. The van der Waals surface area contributed by atoms with Crippen LogP contribution in [0.3, 0.4) is 0 Å². The lowest BCUT2D eigenvalue weighted by Gasteiger charge is -2.21. The summed E-state index contributed by atoms with van der Waals surface area (Å²) in [5.74, 6) is 1.81. The van der Waals surface area contributed by atoms with Crippen LogP contribution in [0.1, 0.15) is 38.9 Å². The third kappa shape index (κ3) is 7.47. The lowest BCUT2D eigenvalue weighted by molar-refractivity contribution is -0.118. The Morgan fingerprint density at radius 1 is 1.31 bits per heavy atom. The van der Waals surface area contributed by atoms with Gasteiger partial charge in [-0.15, -0.1) is 0 Å². The molecular formula is C19H33N5O2. The Morgan fingerprint density at radius 2 is 2.12 bits per heavy atom. The van der Waals surface area contributed by atoms with Crippen molar-refractivity contribution < 1.29 is 9.21 Å². The SMILES string of the molecule is CCN1CCCC1CN=C(NCCCNC(C)=O)NCCc1ccco1. The lowest BCUT2D eigenvalue weighted by atomic mass is 10.2. The summed E-state index contributed by atoms with van der Waals surface area (Å²) in [6.07, 6.45) is 5.87. The maximum absolute atomic E-state index is 10.9. The van der Waals surface area contributed by atoms with E-state index in [1.165, 1.54) is 26.3 Å². The number of carbonyl (C=O) groups is 1. The highest BCUT2D eigenvalue weighted by atomic mass is 16.3. The Labute approximate surface area is 156 Å². The van der Waals surface area contributed by atoms with Gasteiger partial charge >= 0.3 is 0 Å².